The van der Waals surface area contributed by atoms with Crippen LogP contribution in [-0.2, 0) is 9.53 Å². The molecule has 1 atom stereocenters. The normalized spacial score (nSPS) is 11.8. The summed E-state index contributed by atoms with van der Waals surface area (Å²) in [6.45, 7) is 1.44. The molecule has 0 aliphatic heterocycles. The molecule has 0 aliphatic carbocycles. The average Bonchev–Trinajstić information content (AvgIpc) is 2.98. The molecule has 5 nitrogen and oxygen atoms in total. The van der Waals surface area contributed by atoms with Crippen molar-refractivity contribution < 1.29 is 18.7 Å². The van der Waals surface area contributed by atoms with Crippen molar-refractivity contribution in [3.8, 4) is 0 Å². The van der Waals surface area contributed by atoms with Gasteiger partial charge >= 0.3 is 5.97 Å². The van der Waals surface area contributed by atoms with Gasteiger partial charge in [-0.1, -0.05) is 29.3 Å². The number of ether oxygens (including phenoxy) is 1. The second kappa shape index (κ2) is 6.65. The molecule has 0 aliphatic rings. The standard InChI is InChI=1S/C14H11Cl2NO4/c1-8(21-14(19)11-6-3-7-20-11)13(18)17-10-5-2-4-9(15)12(10)16/h2-8H,1H3,(H,17,18)/t8-/m1/s1. The van der Waals surface area contributed by atoms with Crippen LogP contribution in [0.15, 0.2) is 41.0 Å². The molecule has 1 heterocycles. The van der Waals surface area contributed by atoms with E-state index in [2.05, 4.69) is 5.32 Å². The molecule has 1 aromatic carbocycles. The number of hydrogen-bond donors (Lipinski definition) is 1. The summed E-state index contributed by atoms with van der Waals surface area (Å²) < 4.78 is 9.86. The number of nitrogens with one attached hydrogen (secondary N) is 1. The lowest BCUT2D eigenvalue weighted by molar-refractivity contribution is -0.123. The van der Waals surface area contributed by atoms with Crippen LogP contribution in [0.2, 0.25) is 10.0 Å². The van der Waals surface area contributed by atoms with Crippen molar-refractivity contribution in [2.24, 2.45) is 0 Å². The average molecular weight is 328 g/mol. The van der Waals surface area contributed by atoms with Gasteiger partial charge in [0.05, 0.1) is 22.0 Å². The van der Waals surface area contributed by atoms with Crippen molar-refractivity contribution in [3.05, 3.63) is 52.4 Å². The van der Waals surface area contributed by atoms with Gasteiger partial charge in [0.1, 0.15) is 0 Å². The van der Waals surface area contributed by atoms with E-state index < -0.39 is 18.0 Å². The second-order valence-electron chi connectivity index (χ2n) is 4.12. The first kappa shape index (κ1) is 15.4. The van der Waals surface area contributed by atoms with Gasteiger partial charge in [-0.3, -0.25) is 4.79 Å². The van der Waals surface area contributed by atoms with Crippen LogP contribution in [-0.4, -0.2) is 18.0 Å². The minimum Gasteiger partial charge on any atom is -0.457 e. The highest BCUT2D eigenvalue weighted by Gasteiger charge is 2.21. The van der Waals surface area contributed by atoms with Crippen LogP contribution in [0.1, 0.15) is 17.5 Å². The predicted octanol–water partition coefficient (Wildman–Crippen LogP) is 3.77. The molecular weight excluding hydrogens is 317 g/mol. The molecule has 110 valence electrons. The lowest BCUT2D eigenvalue weighted by atomic mass is 10.3. The summed E-state index contributed by atoms with van der Waals surface area (Å²) in [5, 5.41) is 3.07. The van der Waals surface area contributed by atoms with Crippen molar-refractivity contribution in [2.75, 3.05) is 5.32 Å². The van der Waals surface area contributed by atoms with Crippen LogP contribution in [0.5, 0.6) is 0 Å². The fourth-order valence-corrected chi connectivity index (χ4v) is 1.85. The first-order valence-electron chi connectivity index (χ1n) is 5.98. The Bertz CT molecular complexity index is 655. The summed E-state index contributed by atoms with van der Waals surface area (Å²) in [6.07, 6.45) is 0.324. The van der Waals surface area contributed by atoms with Crippen molar-refractivity contribution in [2.45, 2.75) is 13.0 Å². The summed E-state index contributed by atoms with van der Waals surface area (Å²) in [5.74, 6) is -1.23. The maximum Gasteiger partial charge on any atom is 0.374 e. The van der Waals surface area contributed by atoms with Crippen LogP contribution >= 0.6 is 23.2 Å². The van der Waals surface area contributed by atoms with E-state index in [4.69, 9.17) is 32.4 Å². The highest BCUT2D eigenvalue weighted by molar-refractivity contribution is 6.44. The molecule has 1 amide bonds. The summed E-state index contributed by atoms with van der Waals surface area (Å²) in [6, 6.07) is 7.82. The van der Waals surface area contributed by atoms with E-state index >= 15 is 0 Å². The van der Waals surface area contributed by atoms with Gasteiger partial charge in [-0.2, -0.15) is 0 Å². The molecular formula is C14H11Cl2NO4. The smallest absolute Gasteiger partial charge is 0.374 e. The van der Waals surface area contributed by atoms with Gasteiger partial charge < -0.3 is 14.5 Å². The molecule has 1 N–H and O–H groups in total. The Hall–Kier alpha value is -1.98. The van der Waals surface area contributed by atoms with Gasteiger partial charge in [-0.25, -0.2) is 4.79 Å². The molecule has 0 saturated heterocycles. The zero-order valence-corrected chi connectivity index (χ0v) is 12.4. The third kappa shape index (κ3) is 3.77. The number of esters is 1. The molecule has 2 rings (SSSR count). The number of rotatable bonds is 4. The largest absolute Gasteiger partial charge is 0.457 e. The number of furan rings is 1. The van der Waals surface area contributed by atoms with E-state index in [-0.39, 0.29) is 10.8 Å². The highest BCUT2D eigenvalue weighted by Crippen LogP contribution is 2.29. The van der Waals surface area contributed by atoms with E-state index in [1.807, 2.05) is 0 Å². The van der Waals surface area contributed by atoms with Gasteiger partial charge in [0.25, 0.3) is 5.91 Å². The Kier molecular flexibility index (Phi) is 4.88. The Labute approximate surface area is 130 Å². The molecule has 0 radical (unpaired) electrons. The van der Waals surface area contributed by atoms with Crippen molar-refractivity contribution in [3.63, 3.8) is 0 Å². The zero-order chi connectivity index (χ0) is 15.4. The summed E-state index contributed by atoms with van der Waals surface area (Å²) in [5.41, 5.74) is 0.343. The summed E-state index contributed by atoms with van der Waals surface area (Å²) in [7, 11) is 0. The first-order chi connectivity index (χ1) is 9.99. The van der Waals surface area contributed by atoms with Crippen LogP contribution in [0.3, 0.4) is 0 Å². The predicted molar refractivity (Wildman–Crippen MR) is 78.7 cm³/mol. The van der Waals surface area contributed by atoms with Gasteiger partial charge in [-0.05, 0) is 31.2 Å². The molecule has 2 aromatic rings. The molecule has 0 saturated carbocycles. The summed E-state index contributed by atoms with van der Waals surface area (Å²) >= 11 is 11.8. The fraction of sp³-hybridized carbons (Fsp3) is 0.143. The van der Waals surface area contributed by atoms with Crippen LogP contribution in [0.25, 0.3) is 0 Å². The van der Waals surface area contributed by atoms with E-state index in [9.17, 15) is 9.59 Å². The molecule has 7 heteroatoms. The van der Waals surface area contributed by atoms with Crippen molar-refractivity contribution >= 4 is 40.8 Å². The minimum atomic E-state index is -1.02. The second-order valence-corrected chi connectivity index (χ2v) is 4.90. The van der Waals surface area contributed by atoms with Gasteiger partial charge in [0, 0.05) is 0 Å². The molecule has 1 aromatic heterocycles. The Morgan fingerprint density at radius 3 is 2.67 bits per heavy atom. The Morgan fingerprint density at radius 2 is 2.00 bits per heavy atom. The molecule has 0 bridgehead atoms. The topological polar surface area (TPSA) is 68.5 Å². The van der Waals surface area contributed by atoms with Crippen LogP contribution in [0.4, 0.5) is 5.69 Å². The van der Waals surface area contributed by atoms with E-state index in [1.54, 1.807) is 24.3 Å². The number of carbonyl (C=O) groups excluding carboxylic acids is 2. The first-order valence-corrected chi connectivity index (χ1v) is 6.74. The van der Waals surface area contributed by atoms with E-state index in [1.165, 1.54) is 19.3 Å². The van der Waals surface area contributed by atoms with Gasteiger partial charge in [-0.15, -0.1) is 0 Å². The maximum absolute atomic E-state index is 12.0. The SMILES string of the molecule is C[C@@H](OC(=O)c1ccco1)C(=O)Nc1cccc(Cl)c1Cl. The third-order valence-electron chi connectivity index (χ3n) is 2.58. The number of carbonyl (C=O) groups is 2. The van der Waals surface area contributed by atoms with Crippen LogP contribution < -0.4 is 5.32 Å². The molecule has 0 fully saturated rings. The molecule has 0 unspecified atom stereocenters. The van der Waals surface area contributed by atoms with Crippen molar-refractivity contribution in [1.82, 2.24) is 0 Å². The number of anilines is 1. The maximum atomic E-state index is 12.0. The van der Waals surface area contributed by atoms with E-state index in [0.29, 0.717) is 10.7 Å². The lowest BCUT2D eigenvalue weighted by Crippen LogP contribution is -2.30. The number of benzene rings is 1. The summed E-state index contributed by atoms with van der Waals surface area (Å²) in [4.78, 5) is 23.6. The minimum absolute atomic E-state index is 0.0236. The van der Waals surface area contributed by atoms with Crippen LogP contribution in [0, 0.1) is 0 Å². The molecule has 21 heavy (non-hydrogen) atoms. The van der Waals surface area contributed by atoms with E-state index in [0.717, 1.165) is 0 Å². The quantitative estimate of drug-likeness (QED) is 0.868. The third-order valence-corrected chi connectivity index (χ3v) is 3.40. The Balaban J connectivity index is 2.00. The zero-order valence-electron chi connectivity index (χ0n) is 10.9. The van der Waals surface area contributed by atoms with Crippen molar-refractivity contribution in [1.29, 1.82) is 0 Å². The number of amides is 1. The number of hydrogen-bond acceptors (Lipinski definition) is 4. The Morgan fingerprint density at radius 1 is 1.24 bits per heavy atom. The fourth-order valence-electron chi connectivity index (χ4n) is 1.50. The number of halogens is 2. The monoisotopic (exact) mass is 327 g/mol. The highest BCUT2D eigenvalue weighted by atomic mass is 35.5. The lowest BCUT2D eigenvalue weighted by Gasteiger charge is -2.13. The molecule has 0 spiro atoms. The van der Waals surface area contributed by atoms with Gasteiger partial charge in [0.2, 0.25) is 5.76 Å². The van der Waals surface area contributed by atoms with Gasteiger partial charge in [0.15, 0.2) is 6.10 Å².